The molecule has 4 saturated carbocycles. The van der Waals surface area contributed by atoms with Crippen molar-refractivity contribution < 1.29 is 0 Å². The van der Waals surface area contributed by atoms with Crippen LogP contribution in [0.2, 0.25) is 0 Å². The molecule has 0 aromatic heterocycles. The number of hydrogen-bond donors (Lipinski definition) is 0. The Kier molecular flexibility index (Phi) is 0.760. The van der Waals surface area contributed by atoms with E-state index in [0.717, 1.165) is 17.8 Å². The molecule has 2 heteroatoms. The number of nitrogens with zero attached hydrogens (tertiary/aromatic N) is 1. The summed E-state index contributed by atoms with van der Waals surface area (Å²) in [5.74, 6) is 3.47. The van der Waals surface area contributed by atoms with E-state index in [1.54, 1.807) is 0 Å². The minimum atomic E-state index is 0.234. The highest BCUT2D eigenvalue weighted by Crippen LogP contribution is 2.81. The fraction of sp³-hybridized carbons (Fsp3) is 1.00. The van der Waals surface area contributed by atoms with E-state index in [1.165, 1.54) is 25.7 Å². The van der Waals surface area contributed by atoms with E-state index < -0.39 is 0 Å². The summed E-state index contributed by atoms with van der Waals surface area (Å²) in [6, 6.07) is 0.234. The number of rotatable bonds is 1. The van der Waals surface area contributed by atoms with Crippen LogP contribution in [0.5, 0.6) is 0 Å². The van der Waals surface area contributed by atoms with Gasteiger partial charge in [-0.15, -0.1) is 0 Å². The van der Waals surface area contributed by atoms with Gasteiger partial charge in [0.05, 0.1) is 6.04 Å². The summed E-state index contributed by atoms with van der Waals surface area (Å²) in [5, 5.41) is 3.35. The molecule has 0 aromatic carbocycles. The number of hydrogen-bond acceptors (Lipinski definition) is 2. The Morgan fingerprint density at radius 2 is 2.00 bits per heavy atom. The van der Waals surface area contributed by atoms with E-state index in [2.05, 4.69) is 5.18 Å². The Morgan fingerprint density at radius 1 is 1.17 bits per heavy atom. The lowest BCUT2D eigenvalue weighted by atomic mass is 9.38. The highest BCUT2D eigenvalue weighted by Gasteiger charge is 2.76. The molecule has 0 radical (unpaired) electrons. The normalized spacial score (nSPS) is 69.8. The molecule has 64 valence electrons. The Hall–Kier alpha value is -0.400. The summed E-state index contributed by atoms with van der Waals surface area (Å²) in [4.78, 5) is 10.7. The summed E-state index contributed by atoms with van der Waals surface area (Å²) in [7, 11) is 0. The van der Waals surface area contributed by atoms with Crippen molar-refractivity contribution in [3.05, 3.63) is 4.91 Å². The van der Waals surface area contributed by atoms with Gasteiger partial charge in [-0.2, -0.15) is 4.91 Å². The minimum Gasteiger partial charge on any atom is -0.150 e. The van der Waals surface area contributed by atoms with E-state index in [4.69, 9.17) is 0 Å². The second kappa shape index (κ2) is 1.49. The Balaban J connectivity index is 1.82. The van der Waals surface area contributed by atoms with Gasteiger partial charge in [-0.1, -0.05) is 5.18 Å². The first-order valence-electron chi connectivity index (χ1n) is 5.18. The standard InChI is InChI=1S/C10H13NO/c12-11-9-5-1-6-2-7-3-8(9)10(6,7)4-5/h5-9H,1-4H2. The van der Waals surface area contributed by atoms with Crippen LogP contribution in [-0.4, -0.2) is 6.04 Å². The van der Waals surface area contributed by atoms with E-state index in [0.29, 0.717) is 11.3 Å². The Bertz CT molecular complexity index is 277. The van der Waals surface area contributed by atoms with Crippen molar-refractivity contribution in [2.75, 3.05) is 0 Å². The highest BCUT2D eigenvalue weighted by molar-refractivity contribution is 5.26. The molecule has 4 aliphatic rings. The maximum atomic E-state index is 10.7. The predicted molar refractivity (Wildman–Crippen MR) is 44.4 cm³/mol. The Labute approximate surface area is 71.7 Å². The molecular weight excluding hydrogens is 150 g/mol. The van der Waals surface area contributed by atoms with Crippen molar-refractivity contribution in [3.63, 3.8) is 0 Å². The van der Waals surface area contributed by atoms with Crippen molar-refractivity contribution in [3.8, 4) is 0 Å². The third-order valence-corrected chi connectivity index (χ3v) is 5.54. The molecule has 0 amide bonds. The highest BCUT2D eigenvalue weighted by atomic mass is 16.3. The summed E-state index contributed by atoms with van der Waals surface area (Å²) >= 11 is 0. The van der Waals surface area contributed by atoms with Crippen LogP contribution in [0.15, 0.2) is 5.18 Å². The molecule has 0 aliphatic heterocycles. The van der Waals surface area contributed by atoms with Gasteiger partial charge in [0.2, 0.25) is 0 Å². The molecule has 0 N–H and O–H groups in total. The van der Waals surface area contributed by atoms with Gasteiger partial charge in [-0.25, -0.2) is 0 Å². The van der Waals surface area contributed by atoms with Crippen LogP contribution in [0.25, 0.3) is 0 Å². The van der Waals surface area contributed by atoms with Crippen molar-refractivity contribution in [1.29, 1.82) is 0 Å². The predicted octanol–water partition coefficient (Wildman–Crippen LogP) is 2.19. The zero-order chi connectivity index (χ0) is 7.92. The summed E-state index contributed by atoms with van der Waals surface area (Å²) in [6.45, 7) is 0. The molecule has 6 unspecified atom stereocenters. The molecule has 2 bridgehead atoms. The van der Waals surface area contributed by atoms with Gasteiger partial charge in [-0.3, -0.25) is 0 Å². The van der Waals surface area contributed by atoms with Crippen LogP contribution < -0.4 is 0 Å². The van der Waals surface area contributed by atoms with E-state index in [-0.39, 0.29) is 6.04 Å². The number of nitroso groups, excluding NO2 is 1. The van der Waals surface area contributed by atoms with Crippen LogP contribution in [0, 0.1) is 34.0 Å². The SMILES string of the molecule is O=NC1C2CC3CC4CC1C34C2. The third kappa shape index (κ3) is 0.357. The van der Waals surface area contributed by atoms with Gasteiger partial charge in [0, 0.05) is 0 Å². The lowest BCUT2D eigenvalue weighted by molar-refractivity contribution is -0.180. The largest absolute Gasteiger partial charge is 0.150 e. The zero-order valence-corrected chi connectivity index (χ0v) is 7.07. The van der Waals surface area contributed by atoms with Crippen molar-refractivity contribution in [2.45, 2.75) is 31.7 Å². The molecule has 0 saturated heterocycles. The molecule has 0 heterocycles. The fourth-order valence-electron chi connectivity index (χ4n) is 5.15. The van der Waals surface area contributed by atoms with Crippen LogP contribution >= 0.6 is 0 Å². The lowest BCUT2D eigenvalue weighted by Gasteiger charge is -2.66. The maximum Gasteiger partial charge on any atom is 0.0981 e. The van der Waals surface area contributed by atoms with E-state index >= 15 is 0 Å². The second-order valence-electron chi connectivity index (χ2n) is 5.38. The third-order valence-electron chi connectivity index (χ3n) is 5.54. The van der Waals surface area contributed by atoms with Gasteiger partial charge in [-0.05, 0) is 54.8 Å². The van der Waals surface area contributed by atoms with Gasteiger partial charge < -0.3 is 0 Å². The van der Waals surface area contributed by atoms with Crippen LogP contribution in [0.3, 0.4) is 0 Å². The molecule has 0 aromatic rings. The fourth-order valence-corrected chi connectivity index (χ4v) is 5.15. The quantitative estimate of drug-likeness (QED) is 0.545. The summed E-state index contributed by atoms with van der Waals surface area (Å²) in [5.41, 5.74) is 0.684. The first-order chi connectivity index (χ1) is 5.86. The maximum absolute atomic E-state index is 10.7. The van der Waals surface area contributed by atoms with Crippen LogP contribution in [-0.2, 0) is 0 Å². The van der Waals surface area contributed by atoms with Gasteiger partial charge in [0.25, 0.3) is 0 Å². The van der Waals surface area contributed by atoms with E-state index in [9.17, 15) is 4.91 Å². The zero-order valence-electron chi connectivity index (χ0n) is 7.07. The minimum absolute atomic E-state index is 0.234. The Morgan fingerprint density at radius 3 is 2.67 bits per heavy atom. The monoisotopic (exact) mass is 163 g/mol. The van der Waals surface area contributed by atoms with E-state index in [1.807, 2.05) is 0 Å². The van der Waals surface area contributed by atoms with Crippen LogP contribution in [0.1, 0.15) is 25.7 Å². The number of fused-ring (bicyclic) bond motifs is 1. The second-order valence-corrected chi connectivity index (χ2v) is 5.38. The molecule has 4 rings (SSSR count). The van der Waals surface area contributed by atoms with Crippen molar-refractivity contribution >= 4 is 0 Å². The molecule has 2 nitrogen and oxygen atoms in total. The average molecular weight is 163 g/mol. The van der Waals surface area contributed by atoms with Gasteiger partial charge in [0.15, 0.2) is 0 Å². The lowest BCUT2D eigenvalue weighted by Crippen LogP contribution is -2.62. The van der Waals surface area contributed by atoms with Crippen LogP contribution in [0.4, 0.5) is 0 Å². The van der Waals surface area contributed by atoms with Gasteiger partial charge in [0.1, 0.15) is 0 Å². The molecule has 4 aliphatic carbocycles. The average Bonchev–Trinajstić information content (AvgIpc) is 2.50. The molecular formula is C10H13NO. The molecule has 1 spiro atoms. The topological polar surface area (TPSA) is 29.4 Å². The van der Waals surface area contributed by atoms with Gasteiger partial charge >= 0.3 is 0 Å². The summed E-state index contributed by atoms with van der Waals surface area (Å²) in [6.07, 6.45) is 5.52. The first kappa shape index (κ1) is 6.11. The summed E-state index contributed by atoms with van der Waals surface area (Å²) < 4.78 is 0. The van der Waals surface area contributed by atoms with Crippen molar-refractivity contribution in [2.24, 2.45) is 34.3 Å². The first-order valence-corrected chi connectivity index (χ1v) is 5.18. The smallest absolute Gasteiger partial charge is 0.0981 e. The molecule has 4 fully saturated rings. The van der Waals surface area contributed by atoms with Crippen molar-refractivity contribution in [1.82, 2.24) is 0 Å². The molecule has 6 atom stereocenters. The molecule has 12 heavy (non-hydrogen) atoms.